The zero-order valence-electron chi connectivity index (χ0n) is 15.7. The number of amides is 3. The lowest BCUT2D eigenvalue weighted by Gasteiger charge is -2.13. The van der Waals surface area contributed by atoms with E-state index < -0.39 is 11.7 Å². The maximum absolute atomic E-state index is 13.1. The molecule has 29 heavy (non-hydrogen) atoms. The number of hydrogen-bond donors (Lipinski definition) is 1. The van der Waals surface area contributed by atoms with Crippen LogP contribution in [0.25, 0.3) is 6.08 Å². The average Bonchev–Trinajstić information content (AvgIpc) is 2.95. The van der Waals surface area contributed by atoms with Gasteiger partial charge in [-0.05, 0) is 42.5 Å². The fourth-order valence-corrected chi connectivity index (χ4v) is 3.44. The summed E-state index contributed by atoms with van der Waals surface area (Å²) in [6, 6.07) is 13.1. The van der Waals surface area contributed by atoms with E-state index in [1.54, 1.807) is 6.08 Å². The summed E-state index contributed by atoms with van der Waals surface area (Å²) in [5.74, 6) is -1.03. The topological polar surface area (TPSA) is 75.7 Å². The number of ether oxygens (including phenoxy) is 1. The minimum Gasteiger partial charge on any atom is -0.484 e. The van der Waals surface area contributed by atoms with Crippen molar-refractivity contribution in [3.05, 3.63) is 70.4 Å². The van der Waals surface area contributed by atoms with Crippen LogP contribution in [0.5, 0.6) is 5.75 Å². The maximum atomic E-state index is 13.1. The molecule has 1 saturated heterocycles. The molecule has 0 saturated carbocycles. The van der Waals surface area contributed by atoms with Gasteiger partial charge in [0.25, 0.3) is 17.1 Å². The van der Waals surface area contributed by atoms with E-state index >= 15 is 0 Å². The molecule has 0 aliphatic carbocycles. The molecule has 1 heterocycles. The molecule has 1 N–H and O–H groups in total. The standard InChI is InChI=1S/C21H19FN2O4S/c1-14-5-7-15(8-6-14)11-18-20(26)24(21(27)29-18)10-9-23-19(25)13-28-17-4-2-3-16(22)12-17/h2-8,11-12H,9-10,13H2,1H3,(H,23,25)/b18-11-. The Bertz CT molecular complexity index is 959. The van der Waals surface area contributed by atoms with Crippen molar-refractivity contribution >= 4 is 34.9 Å². The first-order valence-electron chi connectivity index (χ1n) is 8.89. The van der Waals surface area contributed by atoms with Crippen molar-refractivity contribution in [1.82, 2.24) is 10.2 Å². The fourth-order valence-electron chi connectivity index (χ4n) is 2.57. The second kappa shape index (κ2) is 9.38. The van der Waals surface area contributed by atoms with Gasteiger partial charge in [-0.25, -0.2) is 4.39 Å². The summed E-state index contributed by atoms with van der Waals surface area (Å²) in [4.78, 5) is 37.8. The van der Waals surface area contributed by atoms with Crippen molar-refractivity contribution in [3.8, 4) is 5.75 Å². The van der Waals surface area contributed by atoms with Gasteiger partial charge in [-0.1, -0.05) is 35.9 Å². The Morgan fingerprint density at radius 3 is 2.69 bits per heavy atom. The zero-order chi connectivity index (χ0) is 20.8. The van der Waals surface area contributed by atoms with Crippen LogP contribution >= 0.6 is 11.8 Å². The Kier molecular flexibility index (Phi) is 6.66. The molecular formula is C21H19FN2O4S. The number of imide groups is 1. The number of rotatable bonds is 7. The zero-order valence-corrected chi connectivity index (χ0v) is 16.5. The van der Waals surface area contributed by atoms with Crippen molar-refractivity contribution in [1.29, 1.82) is 0 Å². The molecule has 0 unspecified atom stereocenters. The lowest BCUT2D eigenvalue weighted by Crippen LogP contribution is -2.38. The lowest BCUT2D eigenvalue weighted by molar-refractivity contribution is -0.125. The van der Waals surface area contributed by atoms with E-state index in [0.29, 0.717) is 4.91 Å². The molecule has 1 aliphatic heterocycles. The van der Waals surface area contributed by atoms with Gasteiger partial charge in [0, 0.05) is 19.2 Å². The summed E-state index contributed by atoms with van der Waals surface area (Å²) in [6.45, 7) is 1.83. The van der Waals surface area contributed by atoms with Crippen molar-refractivity contribution in [3.63, 3.8) is 0 Å². The molecular weight excluding hydrogens is 395 g/mol. The summed E-state index contributed by atoms with van der Waals surface area (Å²) in [6.07, 6.45) is 1.68. The highest BCUT2D eigenvalue weighted by Crippen LogP contribution is 2.31. The molecule has 0 radical (unpaired) electrons. The highest BCUT2D eigenvalue weighted by atomic mass is 32.2. The Hall–Kier alpha value is -3.13. The first kappa shape index (κ1) is 20.6. The van der Waals surface area contributed by atoms with Gasteiger partial charge in [-0.3, -0.25) is 19.3 Å². The third-order valence-corrected chi connectivity index (χ3v) is 4.98. The van der Waals surface area contributed by atoms with Crippen LogP contribution in [0, 0.1) is 12.7 Å². The van der Waals surface area contributed by atoms with Crippen molar-refractivity contribution < 1.29 is 23.5 Å². The predicted molar refractivity (Wildman–Crippen MR) is 109 cm³/mol. The third-order valence-electron chi connectivity index (χ3n) is 4.07. The van der Waals surface area contributed by atoms with Crippen LogP contribution < -0.4 is 10.1 Å². The molecule has 0 spiro atoms. The van der Waals surface area contributed by atoms with Crippen LogP contribution in [-0.2, 0) is 9.59 Å². The number of hydrogen-bond acceptors (Lipinski definition) is 5. The molecule has 3 amide bonds. The quantitative estimate of drug-likeness (QED) is 0.703. The van der Waals surface area contributed by atoms with Gasteiger partial charge in [0.05, 0.1) is 4.91 Å². The molecule has 8 heteroatoms. The van der Waals surface area contributed by atoms with Crippen LogP contribution in [0.1, 0.15) is 11.1 Å². The van der Waals surface area contributed by atoms with Gasteiger partial charge >= 0.3 is 0 Å². The van der Waals surface area contributed by atoms with E-state index in [0.717, 1.165) is 27.8 Å². The second-order valence-corrected chi connectivity index (χ2v) is 7.33. The largest absolute Gasteiger partial charge is 0.484 e. The molecule has 3 rings (SSSR count). The van der Waals surface area contributed by atoms with E-state index in [1.165, 1.54) is 24.3 Å². The number of aryl methyl sites for hydroxylation is 1. The minimum absolute atomic E-state index is 0.0572. The number of benzene rings is 2. The summed E-state index contributed by atoms with van der Waals surface area (Å²) < 4.78 is 18.3. The Balaban J connectivity index is 1.47. The minimum atomic E-state index is -0.457. The molecule has 6 nitrogen and oxygen atoms in total. The Morgan fingerprint density at radius 1 is 1.21 bits per heavy atom. The van der Waals surface area contributed by atoms with E-state index in [-0.39, 0.29) is 36.6 Å². The average molecular weight is 414 g/mol. The number of nitrogens with zero attached hydrogens (tertiary/aromatic N) is 1. The maximum Gasteiger partial charge on any atom is 0.293 e. The van der Waals surface area contributed by atoms with Crippen molar-refractivity contribution in [2.45, 2.75) is 6.92 Å². The summed E-state index contributed by atoms with van der Waals surface area (Å²) in [7, 11) is 0. The van der Waals surface area contributed by atoms with Crippen molar-refractivity contribution in [2.24, 2.45) is 0 Å². The summed E-state index contributed by atoms with van der Waals surface area (Å²) in [5.41, 5.74) is 1.94. The molecule has 0 atom stereocenters. The molecule has 0 bridgehead atoms. The first-order valence-corrected chi connectivity index (χ1v) is 9.71. The smallest absolute Gasteiger partial charge is 0.293 e. The van der Waals surface area contributed by atoms with Crippen LogP contribution in [0.4, 0.5) is 9.18 Å². The van der Waals surface area contributed by atoms with Crippen LogP contribution in [0.3, 0.4) is 0 Å². The second-order valence-electron chi connectivity index (χ2n) is 6.34. The van der Waals surface area contributed by atoms with E-state index in [1.807, 2.05) is 31.2 Å². The Labute approximate surface area is 171 Å². The first-order chi connectivity index (χ1) is 13.9. The highest BCUT2D eigenvalue weighted by Gasteiger charge is 2.34. The normalized spacial score (nSPS) is 15.1. The lowest BCUT2D eigenvalue weighted by atomic mass is 10.1. The third kappa shape index (κ3) is 5.68. The highest BCUT2D eigenvalue weighted by molar-refractivity contribution is 8.18. The number of thioether (sulfide) groups is 1. The van der Waals surface area contributed by atoms with Gasteiger partial charge in [0.1, 0.15) is 11.6 Å². The Morgan fingerprint density at radius 2 is 1.97 bits per heavy atom. The molecule has 150 valence electrons. The summed E-state index contributed by atoms with van der Waals surface area (Å²) >= 11 is 0.874. The number of carbonyl (C=O) groups is 3. The van der Waals surface area contributed by atoms with Crippen LogP contribution in [0.2, 0.25) is 0 Å². The molecule has 2 aromatic carbocycles. The molecule has 0 aromatic heterocycles. The fraction of sp³-hybridized carbons (Fsp3) is 0.190. The summed E-state index contributed by atoms with van der Waals surface area (Å²) in [5, 5.41) is 2.20. The van der Waals surface area contributed by atoms with E-state index in [9.17, 15) is 18.8 Å². The van der Waals surface area contributed by atoms with Gasteiger partial charge in [0.2, 0.25) is 0 Å². The monoisotopic (exact) mass is 414 g/mol. The molecule has 1 fully saturated rings. The SMILES string of the molecule is Cc1ccc(/C=C2\SC(=O)N(CCNC(=O)COc3cccc(F)c3)C2=O)cc1. The molecule has 2 aromatic rings. The van der Waals surface area contributed by atoms with Crippen LogP contribution in [-0.4, -0.2) is 41.6 Å². The van der Waals surface area contributed by atoms with Gasteiger partial charge < -0.3 is 10.1 Å². The number of halogens is 1. The number of nitrogens with one attached hydrogen (secondary N) is 1. The van der Waals surface area contributed by atoms with E-state index in [4.69, 9.17) is 4.74 Å². The van der Waals surface area contributed by atoms with Gasteiger partial charge in [0.15, 0.2) is 6.61 Å². The van der Waals surface area contributed by atoms with Crippen molar-refractivity contribution in [2.75, 3.05) is 19.7 Å². The predicted octanol–water partition coefficient (Wildman–Crippen LogP) is 3.37. The van der Waals surface area contributed by atoms with Crippen LogP contribution in [0.15, 0.2) is 53.4 Å². The van der Waals surface area contributed by atoms with Gasteiger partial charge in [-0.15, -0.1) is 0 Å². The van der Waals surface area contributed by atoms with E-state index in [2.05, 4.69) is 5.32 Å². The van der Waals surface area contributed by atoms with Gasteiger partial charge in [-0.2, -0.15) is 0 Å². The molecule has 1 aliphatic rings. The number of carbonyl (C=O) groups excluding carboxylic acids is 3.